The second-order valence-corrected chi connectivity index (χ2v) is 11.0. The number of aromatic hydroxyl groups is 1. The monoisotopic (exact) mass is 379 g/mol. The molecule has 0 bridgehead atoms. The van der Waals surface area contributed by atoms with Crippen LogP contribution in [0.5, 0.6) is 5.75 Å². The number of aromatic nitrogens is 1. The first-order valence-corrected chi connectivity index (χ1v) is 11.7. The Labute approximate surface area is 166 Å². The lowest BCUT2D eigenvalue weighted by molar-refractivity contribution is 0.477. The normalized spacial score (nSPS) is 13.8. The second kappa shape index (κ2) is 6.46. The van der Waals surface area contributed by atoms with Crippen molar-refractivity contribution in [3.63, 3.8) is 0 Å². The third-order valence-electron chi connectivity index (χ3n) is 5.85. The molecule has 5 rings (SSSR count). The maximum Gasteiger partial charge on any atom is 0.182 e. The van der Waals surface area contributed by atoms with Crippen LogP contribution in [0.4, 0.5) is 0 Å². The molecule has 1 aliphatic rings. The number of hydrogen-bond acceptors (Lipinski definition) is 2. The standard InChI is InChI=1S/C25H21NOSi/c1-2-18-16-21(27)24-23(17-18)28(19-10-5-3-6-11-19,20-12-7-4-8-13-20)22-14-9-15-26-25(22)24/h3-17,27H,2H2,1H3. The van der Waals surface area contributed by atoms with Crippen LogP contribution in [0.2, 0.25) is 0 Å². The minimum atomic E-state index is -2.53. The quantitative estimate of drug-likeness (QED) is 0.489. The summed E-state index contributed by atoms with van der Waals surface area (Å²) in [6.45, 7) is 2.13. The van der Waals surface area contributed by atoms with Crippen molar-refractivity contribution in [1.29, 1.82) is 0 Å². The van der Waals surface area contributed by atoms with Crippen LogP contribution in [0.15, 0.2) is 91.1 Å². The summed E-state index contributed by atoms with van der Waals surface area (Å²) in [4.78, 5) is 4.74. The molecule has 2 heterocycles. The van der Waals surface area contributed by atoms with Gasteiger partial charge >= 0.3 is 0 Å². The van der Waals surface area contributed by atoms with Gasteiger partial charge in [0.1, 0.15) is 5.75 Å². The number of hydrogen-bond donors (Lipinski definition) is 1. The average Bonchev–Trinajstić information content (AvgIpc) is 3.06. The Hall–Kier alpha value is -3.17. The van der Waals surface area contributed by atoms with Crippen molar-refractivity contribution in [2.75, 3.05) is 0 Å². The molecule has 4 aromatic rings. The van der Waals surface area contributed by atoms with Crippen molar-refractivity contribution in [1.82, 2.24) is 4.98 Å². The number of benzene rings is 3. The molecule has 28 heavy (non-hydrogen) atoms. The van der Waals surface area contributed by atoms with Crippen LogP contribution in [0.1, 0.15) is 12.5 Å². The third kappa shape index (κ3) is 2.23. The molecule has 0 fully saturated rings. The second-order valence-electron chi connectivity index (χ2n) is 7.27. The van der Waals surface area contributed by atoms with Crippen molar-refractivity contribution in [2.45, 2.75) is 13.3 Å². The zero-order valence-electron chi connectivity index (χ0n) is 15.8. The number of fused-ring (bicyclic) bond motifs is 3. The van der Waals surface area contributed by atoms with E-state index in [4.69, 9.17) is 4.98 Å². The Balaban J connectivity index is 2.00. The molecule has 1 aromatic heterocycles. The van der Waals surface area contributed by atoms with Gasteiger partial charge in [-0.05, 0) is 44.9 Å². The predicted octanol–water partition coefficient (Wildman–Crippen LogP) is 2.71. The van der Waals surface area contributed by atoms with Crippen LogP contribution in [0.3, 0.4) is 0 Å². The molecule has 3 aromatic carbocycles. The third-order valence-corrected chi connectivity index (χ3v) is 10.7. The lowest BCUT2D eigenvalue weighted by Gasteiger charge is -2.31. The Kier molecular flexibility index (Phi) is 3.92. The van der Waals surface area contributed by atoms with Crippen LogP contribution >= 0.6 is 0 Å². The molecule has 0 radical (unpaired) electrons. The van der Waals surface area contributed by atoms with Gasteiger partial charge in [0.05, 0.1) is 5.69 Å². The molecule has 136 valence electrons. The van der Waals surface area contributed by atoms with Gasteiger partial charge in [0.2, 0.25) is 0 Å². The molecule has 2 nitrogen and oxygen atoms in total. The number of nitrogens with zero attached hydrogens (tertiary/aromatic N) is 1. The largest absolute Gasteiger partial charge is 0.507 e. The number of rotatable bonds is 3. The molecule has 3 heteroatoms. The molecular formula is C25H21NOSi. The molecule has 0 saturated carbocycles. The van der Waals surface area contributed by atoms with Gasteiger partial charge in [-0.3, -0.25) is 4.98 Å². The van der Waals surface area contributed by atoms with E-state index in [0.29, 0.717) is 5.75 Å². The minimum absolute atomic E-state index is 0.343. The van der Waals surface area contributed by atoms with E-state index in [1.165, 1.54) is 20.7 Å². The molecule has 0 unspecified atom stereocenters. The van der Waals surface area contributed by atoms with Gasteiger partial charge in [-0.15, -0.1) is 0 Å². The molecule has 1 N–H and O–H groups in total. The number of aryl methyl sites for hydroxylation is 1. The first kappa shape index (κ1) is 17.0. The van der Waals surface area contributed by atoms with Crippen molar-refractivity contribution >= 4 is 28.8 Å². The van der Waals surface area contributed by atoms with Crippen LogP contribution in [0, 0.1) is 0 Å². The molecule has 0 spiro atoms. The lowest BCUT2D eigenvalue weighted by atomic mass is 10.1. The first-order chi connectivity index (χ1) is 13.8. The smallest absolute Gasteiger partial charge is 0.182 e. The average molecular weight is 380 g/mol. The minimum Gasteiger partial charge on any atom is -0.507 e. The van der Waals surface area contributed by atoms with E-state index in [0.717, 1.165) is 23.2 Å². The molecule has 0 amide bonds. The number of phenolic OH excluding ortho intramolecular Hbond substituents is 1. The van der Waals surface area contributed by atoms with E-state index in [2.05, 4.69) is 79.7 Å². The summed E-state index contributed by atoms with van der Waals surface area (Å²) in [5.41, 5.74) is 3.00. The molecule has 1 aliphatic heterocycles. The fourth-order valence-electron chi connectivity index (χ4n) is 4.65. The molecule has 0 aliphatic carbocycles. The SMILES string of the molecule is CCc1cc(O)c2c(c1)[Si](c1ccccc1)(c1ccccc1)c1cccnc1-2. The summed E-state index contributed by atoms with van der Waals surface area (Å²) in [6.07, 6.45) is 2.72. The summed E-state index contributed by atoms with van der Waals surface area (Å²) < 4.78 is 0. The van der Waals surface area contributed by atoms with Crippen LogP contribution in [-0.4, -0.2) is 18.2 Å². The van der Waals surface area contributed by atoms with Gasteiger partial charge in [-0.2, -0.15) is 0 Å². The van der Waals surface area contributed by atoms with E-state index in [-0.39, 0.29) is 0 Å². The fourth-order valence-corrected chi connectivity index (χ4v) is 9.82. The summed E-state index contributed by atoms with van der Waals surface area (Å²) in [5, 5.41) is 16.1. The van der Waals surface area contributed by atoms with E-state index in [1.807, 2.05) is 18.3 Å². The van der Waals surface area contributed by atoms with Crippen molar-refractivity contribution in [2.24, 2.45) is 0 Å². The van der Waals surface area contributed by atoms with E-state index in [9.17, 15) is 5.11 Å². The van der Waals surface area contributed by atoms with Gasteiger partial charge in [0.15, 0.2) is 8.07 Å². The lowest BCUT2D eigenvalue weighted by Crippen LogP contribution is -2.72. The molecule has 0 saturated heterocycles. The Morgan fingerprint density at radius 1 is 0.786 bits per heavy atom. The highest BCUT2D eigenvalue weighted by atomic mass is 28.3. The summed E-state index contributed by atoms with van der Waals surface area (Å²) >= 11 is 0. The number of phenols is 1. The highest BCUT2D eigenvalue weighted by Gasteiger charge is 2.50. The zero-order chi connectivity index (χ0) is 19.1. The van der Waals surface area contributed by atoms with Gasteiger partial charge in [0.25, 0.3) is 0 Å². The van der Waals surface area contributed by atoms with Gasteiger partial charge in [-0.25, -0.2) is 0 Å². The first-order valence-electron chi connectivity index (χ1n) is 9.70. The highest BCUT2D eigenvalue weighted by Crippen LogP contribution is 2.34. The number of pyridine rings is 1. The van der Waals surface area contributed by atoms with Crippen molar-refractivity contribution in [3.8, 4) is 17.0 Å². The summed E-state index contributed by atoms with van der Waals surface area (Å²) in [6, 6.07) is 30.0. The topological polar surface area (TPSA) is 33.1 Å². The van der Waals surface area contributed by atoms with Gasteiger partial charge in [0, 0.05) is 11.8 Å². The fraction of sp³-hybridized carbons (Fsp3) is 0.0800. The summed E-state index contributed by atoms with van der Waals surface area (Å²) in [5.74, 6) is 0.343. The Morgan fingerprint density at radius 3 is 2.04 bits per heavy atom. The van der Waals surface area contributed by atoms with E-state index < -0.39 is 8.07 Å². The maximum atomic E-state index is 11.0. The highest BCUT2D eigenvalue weighted by molar-refractivity contribution is 7.22. The zero-order valence-corrected chi connectivity index (χ0v) is 16.8. The van der Waals surface area contributed by atoms with Crippen LogP contribution < -0.4 is 20.7 Å². The van der Waals surface area contributed by atoms with Crippen molar-refractivity contribution < 1.29 is 5.11 Å². The van der Waals surface area contributed by atoms with Crippen molar-refractivity contribution in [3.05, 3.63) is 96.7 Å². The Bertz CT molecular complexity index is 1120. The molecular weight excluding hydrogens is 358 g/mol. The van der Waals surface area contributed by atoms with Crippen LogP contribution in [0.25, 0.3) is 11.3 Å². The predicted molar refractivity (Wildman–Crippen MR) is 118 cm³/mol. The Morgan fingerprint density at radius 2 is 1.43 bits per heavy atom. The van der Waals surface area contributed by atoms with E-state index in [1.54, 1.807) is 0 Å². The van der Waals surface area contributed by atoms with Gasteiger partial charge in [-0.1, -0.05) is 79.7 Å². The van der Waals surface area contributed by atoms with Gasteiger partial charge < -0.3 is 5.11 Å². The van der Waals surface area contributed by atoms with Crippen LogP contribution in [-0.2, 0) is 6.42 Å². The summed E-state index contributed by atoms with van der Waals surface area (Å²) in [7, 11) is -2.53. The maximum absolute atomic E-state index is 11.0. The van der Waals surface area contributed by atoms with E-state index >= 15 is 0 Å². The molecule has 0 atom stereocenters.